The molecule has 1 aliphatic carbocycles. The molecule has 0 saturated heterocycles. The number of nitrogens with zero attached hydrogens (tertiary/aromatic N) is 2. The second kappa shape index (κ2) is 6.47. The van der Waals surface area contributed by atoms with Gasteiger partial charge in [-0.05, 0) is 18.8 Å². The lowest BCUT2D eigenvalue weighted by Gasteiger charge is -2.27. The number of carboxylic acids is 1. The number of nitrogens with one attached hydrogen (secondary N) is 1. The van der Waals surface area contributed by atoms with Crippen molar-refractivity contribution >= 4 is 29.3 Å². The highest BCUT2D eigenvalue weighted by atomic mass is 32.2. The molecule has 2 atom stereocenters. The molecule has 1 aliphatic heterocycles. The van der Waals surface area contributed by atoms with Gasteiger partial charge >= 0.3 is 12.0 Å². The molecule has 1 fully saturated rings. The minimum absolute atomic E-state index is 0.133. The first-order valence-corrected chi connectivity index (χ1v) is 7.97. The van der Waals surface area contributed by atoms with Crippen LogP contribution in [0.5, 0.6) is 0 Å². The van der Waals surface area contributed by atoms with E-state index in [1.807, 2.05) is 5.55 Å². The third-order valence-corrected chi connectivity index (χ3v) is 4.35. The van der Waals surface area contributed by atoms with Crippen LogP contribution in [0.1, 0.15) is 26.7 Å². The molecule has 0 aromatic heterocycles. The molecular weight excluding hydrogens is 278 g/mol. The Labute approximate surface area is 123 Å². The Balaban J connectivity index is 1.95. The predicted molar refractivity (Wildman–Crippen MR) is 79.3 cm³/mol. The third-order valence-electron chi connectivity index (χ3n) is 3.50. The second-order valence-electron chi connectivity index (χ2n) is 5.63. The molecule has 2 aliphatic rings. The SMILES string of the molecule is CC(C)[C@H](NC(=O)N(CC1CSC=N1)C1CC1)C(=O)O. The summed E-state index contributed by atoms with van der Waals surface area (Å²) in [5, 5.41) is 11.8. The maximum atomic E-state index is 12.3. The van der Waals surface area contributed by atoms with Crippen LogP contribution in [0, 0.1) is 5.92 Å². The Kier molecular flexibility index (Phi) is 4.91. The van der Waals surface area contributed by atoms with Gasteiger partial charge in [0.1, 0.15) is 6.04 Å². The monoisotopic (exact) mass is 299 g/mol. The van der Waals surface area contributed by atoms with Crippen molar-refractivity contribution in [2.75, 3.05) is 12.3 Å². The number of carbonyl (C=O) groups excluding carboxylic acids is 1. The quantitative estimate of drug-likeness (QED) is 0.777. The zero-order valence-corrected chi connectivity index (χ0v) is 12.6. The van der Waals surface area contributed by atoms with E-state index in [9.17, 15) is 9.59 Å². The Morgan fingerprint density at radius 1 is 1.50 bits per heavy atom. The smallest absolute Gasteiger partial charge is 0.326 e. The van der Waals surface area contributed by atoms with Crippen LogP contribution in [0.25, 0.3) is 0 Å². The number of aliphatic carboxylic acids is 1. The fraction of sp³-hybridized carbons (Fsp3) is 0.769. The van der Waals surface area contributed by atoms with E-state index in [4.69, 9.17) is 5.11 Å². The van der Waals surface area contributed by atoms with Crippen LogP contribution in [-0.2, 0) is 4.79 Å². The van der Waals surface area contributed by atoms with Gasteiger partial charge in [-0.15, -0.1) is 11.8 Å². The van der Waals surface area contributed by atoms with Crippen molar-refractivity contribution in [3.05, 3.63) is 0 Å². The van der Waals surface area contributed by atoms with Gasteiger partial charge < -0.3 is 15.3 Å². The van der Waals surface area contributed by atoms with Gasteiger partial charge in [-0.2, -0.15) is 0 Å². The highest BCUT2D eigenvalue weighted by molar-refractivity contribution is 8.12. The second-order valence-corrected chi connectivity index (χ2v) is 6.51. The standard InChI is InChI=1S/C13H21N3O3S/c1-8(2)11(12(17)18)15-13(19)16(10-3-4-10)5-9-6-20-7-14-9/h7-11H,3-6H2,1-2H3,(H,15,19)(H,17,18)/t9?,11-/m0/s1. The van der Waals surface area contributed by atoms with Crippen molar-refractivity contribution in [2.45, 2.75) is 44.8 Å². The van der Waals surface area contributed by atoms with Gasteiger partial charge in [0.25, 0.3) is 0 Å². The fourth-order valence-electron chi connectivity index (χ4n) is 2.17. The van der Waals surface area contributed by atoms with Crippen molar-refractivity contribution in [3.63, 3.8) is 0 Å². The number of urea groups is 1. The number of carboxylic acid groups (broad SMARTS) is 1. The van der Waals surface area contributed by atoms with Crippen molar-refractivity contribution in [2.24, 2.45) is 10.9 Å². The topological polar surface area (TPSA) is 82.0 Å². The molecule has 1 heterocycles. The van der Waals surface area contributed by atoms with Crippen LogP contribution in [0.4, 0.5) is 4.79 Å². The van der Waals surface area contributed by atoms with Crippen LogP contribution in [0.3, 0.4) is 0 Å². The van der Waals surface area contributed by atoms with E-state index in [2.05, 4.69) is 10.3 Å². The molecule has 0 aromatic rings. The minimum atomic E-state index is -0.987. The van der Waals surface area contributed by atoms with Crippen molar-refractivity contribution in [1.82, 2.24) is 10.2 Å². The lowest BCUT2D eigenvalue weighted by Crippen LogP contribution is -2.52. The summed E-state index contributed by atoms with van der Waals surface area (Å²) in [6.07, 6.45) is 1.99. The summed E-state index contributed by atoms with van der Waals surface area (Å²) >= 11 is 1.65. The van der Waals surface area contributed by atoms with Gasteiger partial charge in [0, 0.05) is 18.3 Å². The van der Waals surface area contributed by atoms with Gasteiger partial charge in [0.15, 0.2) is 0 Å². The molecule has 1 saturated carbocycles. The van der Waals surface area contributed by atoms with E-state index < -0.39 is 12.0 Å². The number of carbonyl (C=O) groups is 2. The van der Waals surface area contributed by atoms with Crippen molar-refractivity contribution in [1.29, 1.82) is 0 Å². The Morgan fingerprint density at radius 2 is 2.20 bits per heavy atom. The minimum Gasteiger partial charge on any atom is -0.480 e. The largest absolute Gasteiger partial charge is 0.480 e. The lowest BCUT2D eigenvalue weighted by atomic mass is 10.1. The highest BCUT2D eigenvalue weighted by Gasteiger charge is 2.36. The van der Waals surface area contributed by atoms with Gasteiger partial charge in [0.2, 0.25) is 0 Å². The molecule has 2 amide bonds. The van der Waals surface area contributed by atoms with Crippen molar-refractivity contribution < 1.29 is 14.7 Å². The van der Waals surface area contributed by atoms with E-state index >= 15 is 0 Å². The summed E-state index contributed by atoms with van der Waals surface area (Å²) in [4.78, 5) is 29.6. The number of rotatable bonds is 6. The Hall–Kier alpha value is -1.24. The first-order valence-electron chi connectivity index (χ1n) is 6.92. The molecule has 0 spiro atoms. The van der Waals surface area contributed by atoms with Crippen LogP contribution in [0.2, 0.25) is 0 Å². The van der Waals surface area contributed by atoms with Gasteiger partial charge in [-0.3, -0.25) is 4.99 Å². The first kappa shape index (κ1) is 15.2. The van der Waals surface area contributed by atoms with Gasteiger partial charge in [-0.25, -0.2) is 9.59 Å². The summed E-state index contributed by atoms with van der Waals surface area (Å²) < 4.78 is 0. The Morgan fingerprint density at radius 3 is 2.65 bits per heavy atom. The van der Waals surface area contributed by atoms with E-state index in [0.29, 0.717) is 6.54 Å². The summed E-state index contributed by atoms with van der Waals surface area (Å²) in [6.45, 7) is 4.15. The van der Waals surface area contributed by atoms with Gasteiger partial charge in [-0.1, -0.05) is 13.8 Å². The number of hydrogen-bond acceptors (Lipinski definition) is 4. The number of thioether (sulfide) groups is 1. The zero-order valence-electron chi connectivity index (χ0n) is 11.8. The maximum Gasteiger partial charge on any atom is 0.326 e. The van der Waals surface area contributed by atoms with Crippen LogP contribution >= 0.6 is 11.8 Å². The molecule has 0 radical (unpaired) electrons. The summed E-state index contributed by atoms with van der Waals surface area (Å²) in [6, 6.07) is -0.739. The fourth-order valence-corrected chi connectivity index (χ4v) is 2.92. The van der Waals surface area contributed by atoms with E-state index in [1.165, 1.54) is 0 Å². The summed E-state index contributed by atoms with van der Waals surface area (Å²) in [5.41, 5.74) is 1.82. The number of amides is 2. The molecule has 2 N–H and O–H groups in total. The molecule has 6 nitrogen and oxygen atoms in total. The van der Waals surface area contributed by atoms with Crippen LogP contribution in [-0.4, -0.2) is 58.0 Å². The molecule has 20 heavy (non-hydrogen) atoms. The summed E-state index contributed by atoms with van der Waals surface area (Å²) in [7, 11) is 0. The zero-order chi connectivity index (χ0) is 14.7. The van der Waals surface area contributed by atoms with E-state index in [1.54, 1.807) is 30.5 Å². The summed E-state index contributed by atoms with van der Waals surface area (Å²) in [5.74, 6) is -0.237. The lowest BCUT2D eigenvalue weighted by molar-refractivity contribution is -0.140. The molecule has 112 valence electrons. The molecule has 0 aromatic carbocycles. The molecule has 7 heteroatoms. The normalized spacial score (nSPS) is 22.9. The van der Waals surface area contributed by atoms with E-state index in [0.717, 1.165) is 18.6 Å². The average Bonchev–Trinajstić information content (AvgIpc) is 3.09. The third kappa shape index (κ3) is 3.88. The van der Waals surface area contributed by atoms with Gasteiger partial charge in [0.05, 0.1) is 11.6 Å². The molecular formula is C13H21N3O3S. The van der Waals surface area contributed by atoms with Crippen LogP contribution < -0.4 is 5.32 Å². The maximum absolute atomic E-state index is 12.3. The predicted octanol–water partition coefficient (Wildman–Crippen LogP) is 1.41. The number of aliphatic imine (C=N–C) groups is 1. The highest BCUT2D eigenvalue weighted by Crippen LogP contribution is 2.28. The number of hydrogen-bond donors (Lipinski definition) is 2. The van der Waals surface area contributed by atoms with Crippen molar-refractivity contribution in [3.8, 4) is 0 Å². The molecule has 2 rings (SSSR count). The molecule has 1 unspecified atom stereocenters. The molecule has 0 bridgehead atoms. The first-order chi connectivity index (χ1) is 9.49. The van der Waals surface area contributed by atoms with Crippen LogP contribution in [0.15, 0.2) is 4.99 Å². The Bertz CT molecular complexity index is 410. The average molecular weight is 299 g/mol. The van der Waals surface area contributed by atoms with E-state index in [-0.39, 0.29) is 24.0 Å².